The molecule has 1 atom stereocenters. The van der Waals surface area contributed by atoms with E-state index in [2.05, 4.69) is 11.2 Å². The zero-order chi connectivity index (χ0) is 15.1. The van der Waals surface area contributed by atoms with Crippen LogP contribution in [0.1, 0.15) is 38.5 Å². The molecule has 21 heavy (non-hydrogen) atoms. The van der Waals surface area contributed by atoms with Crippen molar-refractivity contribution in [2.45, 2.75) is 44.6 Å². The summed E-state index contributed by atoms with van der Waals surface area (Å²) in [5.41, 5.74) is 0. The Morgan fingerprint density at radius 3 is 2.67 bits per heavy atom. The van der Waals surface area contributed by atoms with E-state index in [1.807, 2.05) is 4.90 Å². The van der Waals surface area contributed by atoms with Crippen molar-refractivity contribution in [2.75, 3.05) is 32.7 Å². The summed E-state index contributed by atoms with van der Waals surface area (Å²) < 4.78 is 0. The van der Waals surface area contributed by atoms with Crippen LogP contribution in [0, 0.1) is 12.3 Å². The molecule has 2 fully saturated rings. The number of terminal acetylenes is 1. The van der Waals surface area contributed by atoms with E-state index in [9.17, 15) is 9.59 Å². The van der Waals surface area contributed by atoms with Crippen LogP contribution in [0.2, 0.25) is 0 Å². The molecule has 0 aromatic carbocycles. The number of unbranched alkanes of at least 4 members (excludes halogenated alkanes) is 2. The largest absolute Gasteiger partial charge is 0.338 e. The van der Waals surface area contributed by atoms with E-state index in [0.717, 1.165) is 64.8 Å². The summed E-state index contributed by atoms with van der Waals surface area (Å²) in [7, 11) is 0. The van der Waals surface area contributed by atoms with Crippen molar-refractivity contribution < 1.29 is 9.59 Å². The van der Waals surface area contributed by atoms with Crippen molar-refractivity contribution in [2.24, 2.45) is 0 Å². The second-order valence-corrected chi connectivity index (χ2v) is 5.73. The molecule has 0 spiro atoms. The van der Waals surface area contributed by atoms with Crippen molar-refractivity contribution in [1.82, 2.24) is 15.1 Å². The summed E-state index contributed by atoms with van der Waals surface area (Å²) in [4.78, 5) is 28.6. The SMILES string of the molecule is C#CCCCCC(=O)N1CCCC1C(=O)N1CCNCC1. The highest BCUT2D eigenvalue weighted by Gasteiger charge is 2.36. The Morgan fingerprint density at radius 1 is 1.19 bits per heavy atom. The van der Waals surface area contributed by atoms with Crippen LogP contribution >= 0.6 is 0 Å². The number of hydrogen-bond acceptors (Lipinski definition) is 3. The number of hydrogen-bond donors (Lipinski definition) is 1. The maximum atomic E-state index is 12.6. The van der Waals surface area contributed by atoms with E-state index in [0.29, 0.717) is 6.42 Å². The fourth-order valence-electron chi connectivity index (χ4n) is 3.06. The number of nitrogens with one attached hydrogen (secondary N) is 1. The average Bonchev–Trinajstić information content (AvgIpc) is 3.01. The lowest BCUT2D eigenvalue weighted by atomic mass is 10.1. The Morgan fingerprint density at radius 2 is 1.95 bits per heavy atom. The standard InChI is InChI=1S/C16H25N3O2/c1-2-3-4-5-8-15(20)19-11-6-7-14(19)16(21)18-12-9-17-10-13-18/h1,14,17H,3-13H2. The molecular weight excluding hydrogens is 266 g/mol. The Labute approximate surface area is 127 Å². The highest BCUT2D eigenvalue weighted by atomic mass is 16.2. The molecule has 0 aromatic heterocycles. The van der Waals surface area contributed by atoms with Gasteiger partial charge in [0.25, 0.3) is 0 Å². The maximum absolute atomic E-state index is 12.6. The van der Waals surface area contributed by atoms with Gasteiger partial charge in [-0.15, -0.1) is 12.3 Å². The first kappa shape index (κ1) is 15.8. The molecule has 2 aliphatic rings. The van der Waals surface area contributed by atoms with Crippen LogP contribution in [0.4, 0.5) is 0 Å². The highest BCUT2D eigenvalue weighted by Crippen LogP contribution is 2.21. The van der Waals surface area contributed by atoms with Crippen molar-refractivity contribution in [3.8, 4) is 12.3 Å². The lowest BCUT2D eigenvalue weighted by Crippen LogP contribution is -2.53. The van der Waals surface area contributed by atoms with E-state index < -0.39 is 0 Å². The minimum absolute atomic E-state index is 0.109. The third kappa shape index (κ3) is 4.21. The summed E-state index contributed by atoms with van der Waals surface area (Å²) in [6.45, 7) is 3.91. The Balaban J connectivity index is 1.85. The molecule has 0 saturated carbocycles. The van der Waals surface area contributed by atoms with Gasteiger partial charge in [0.05, 0.1) is 0 Å². The minimum atomic E-state index is -0.233. The summed E-state index contributed by atoms with van der Waals surface area (Å²) in [5.74, 6) is 2.83. The Kier molecular flexibility index (Phi) is 6.06. The number of likely N-dealkylation sites (tertiary alicyclic amines) is 1. The van der Waals surface area contributed by atoms with Gasteiger partial charge in [0.1, 0.15) is 6.04 Å². The van der Waals surface area contributed by atoms with Gasteiger partial charge < -0.3 is 15.1 Å². The smallest absolute Gasteiger partial charge is 0.245 e. The van der Waals surface area contributed by atoms with Crippen LogP contribution in [-0.4, -0.2) is 60.4 Å². The van der Waals surface area contributed by atoms with Crippen molar-refractivity contribution in [3.63, 3.8) is 0 Å². The number of carbonyl (C=O) groups excluding carboxylic acids is 2. The maximum Gasteiger partial charge on any atom is 0.245 e. The van der Waals surface area contributed by atoms with Gasteiger partial charge >= 0.3 is 0 Å². The van der Waals surface area contributed by atoms with E-state index in [4.69, 9.17) is 6.42 Å². The molecule has 0 radical (unpaired) electrons. The van der Waals surface area contributed by atoms with Gasteiger partial charge in [-0.1, -0.05) is 0 Å². The Hall–Kier alpha value is -1.54. The molecule has 5 nitrogen and oxygen atoms in total. The van der Waals surface area contributed by atoms with Crippen LogP contribution in [0.15, 0.2) is 0 Å². The molecule has 2 heterocycles. The zero-order valence-corrected chi connectivity index (χ0v) is 12.6. The first-order valence-electron chi connectivity index (χ1n) is 7.96. The van der Waals surface area contributed by atoms with Crippen molar-refractivity contribution in [3.05, 3.63) is 0 Å². The number of nitrogens with zero attached hydrogens (tertiary/aromatic N) is 2. The van der Waals surface area contributed by atoms with Crippen LogP contribution in [-0.2, 0) is 9.59 Å². The van der Waals surface area contributed by atoms with E-state index >= 15 is 0 Å². The van der Waals surface area contributed by atoms with Crippen LogP contribution in [0.3, 0.4) is 0 Å². The van der Waals surface area contributed by atoms with Gasteiger partial charge in [-0.3, -0.25) is 9.59 Å². The monoisotopic (exact) mass is 291 g/mol. The fourth-order valence-corrected chi connectivity index (χ4v) is 3.06. The first-order valence-corrected chi connectivity index (χ1v) is 7.96. The highest BCUT2D eigenvalue weighted by molar-refractivity contribution is 5.88. The number of carbonyl (C=O) groups is 2. The zero-order valence-electron chi connectivity index (χ0n) is 12.6. The van der Waals surface area contributed by atoms with Gasteiger partial charge in [-0.2, -0.15) is 0 Å². The molecule has 0 aromatic rings. The molecule has 2 aliphatic heterocycles. The lowest BCUT2D eigenvalue weighted by Gasteiger charge is -2.33. The van der Waals surface area contributed by atoms with Gasteiger partial charge in [-0.05, 0) is 25.7 Å². The quantitative estimate of drug-likeness (QED) is 0.596. The second-order valence-electron chi connectivity index (χ2n) is 5.73. The molecule has 5 heteroatoms. The van der Waals surface area contributed by atoms with E-state index in [1.165, 1.54) is 0 Å². The van der Waals surface area contributed by atoms with Crippen molar-refractivity contribution in [1.29, 1.82) is 0 Å². The summed E-state index contributed by atoms with van der Waals surface area (Å²) in [5, 5.41) is 3.24. The lowest BCUT2D eigenvalue weighted by molar-refractivity contribution is -0.144. The normalized spacial score (nSPS) is 22.1. The second kappa shape index (κ2) is 8.04. The number of amides is 2. The number of rotatable bonds is 5. The summed E-state index contributed by atoms with van der Waals surface area (Å²) >= 11 is 0. The molecule has 2 saturated heterocycles. The molecule has 116 valence electrons. The van der Waals surface area contributed by atoms with Crippen LogP contribution in [0.5, 0.6) is 0 Å². The topological polar surface area (TPSA) is 52.7 Å². The molecule has 2 amide bonds. The van der Waals surface area contributed by atoms with Crippen LogP contribution < -0.4 is 5.32 Å². The fraction of sp³-hybridized carbons (Fsp3) is 0.750. The van der Waals surface area contributed by atoms with Crippen LogP contribution in [0.25, 0.3) is 0 Å². The molecule has 2 rings (SSSR count). The summed E-state index contributed by atoms with van der Waals surface area (Å²) in [6.07, 6.45) is 9.87. The minimum Gasteiger partial charge on any atom is -0.338 e. The number of piperazine rings is 1. The molecular formula is C16H25N3O2. The third-order valence-corrected chi connectivity index (χ3v) is 4.25. The predicted molar refractivity (Wildman–Crippen MR) is 81.5 cm³/mol. The molecule has 1 N–H and O–H groups in total. The van der Waals surface area contributed by atoms with Crippen molar-refractivity contribution >= 4 is 11.8 Å². The first-order chi connectivity index (χ1) is 10.2. The van der Waals surface area contributed by atoms with E-state index in [1.54, 1.807) is 4.90 Å². The molecule has 1 unspecified atom stereocenters. The van der Waals surface area contributed by atoms with Gasteiger partial charge in [0, 0.05) is 45.6 Å². The van der Waals surface area contributed by atoms with Gasteiger partial charge in [-0.25, -0.2) is 0 Å². The molecule has 0 aliphatic carbocycles. The molecule has 0 bridgehead atoms. The predicted octanol–water partition coefficient (Wildman–Crippen LogP) is 0.603. The summed E-state index contributed by atoms with van der Waals surface area (Å²) in [6, 6.07) is -0.233. The third-order valence-electron chi connectivity index (χ3n) is 4.25. The Bertz CT molecular complexity index is 410. The average molecular weight is 291 g/mol. The van der Waals surface area contributed by atoms with E-state index in [-0.39, 0.29) is 17.9 Å². The van der Waals surface area contributed by atoms with Gasteiger partial charge in [0.2, 0.25) is 11.8 Å². The van der Waals surface area contributed by atoms with Gasteiger partial charge in [0.15, 0.2) is 0 Å².